The minimum Gasteiger partial charge on any atom is -0.340 e. The summed E-state index contributed by atoms with van der Waals surface area (Å²) in [6, 6.07) is 9.37. The molecular weight excluding hydrogens is 262 g/mol. The van der Waals surface area contributed by atoms with Crippen molar-refractivity contribution in [2.45, 2.75) is 52.2 Å². The van der Waals surface area contributed by atoms with Crippen molar-refractivity contribution in [3.05, 3.63) is 42.0 Å². The van der Waals surface area contributed by atoms with Gasteiger partial charge in [0.25, 0.3) is 0 Å². The highest BCUT2D eigenvalue weighted by Gasteiger charge is 2.37. The molecule has 0 fully saturated rings. The van der Waals surface area contributed by atoms with Gasteiger partial charge in [-0.15, -0.1) is 0 Å². The van der Waals surface area contributed by atoms with Crippen LogP contribution >= 0.6 is 0 Å². The molecule has 1 aromatic carbocycles. The monoisotopic (exact) mass is 291 g/mol. The first kappa shape index (κ1) is 16.4. The molecule has 3 heteroatoms. The topological polar surface area (TPSA) is 3.24 Å². The molecule has 0 radical (unpaired) electrons. The Hall–Kier alpha value is -0.646. The van der Waals surface area contributed by atoms with Gasteiger partial charge in [-0.05, 0) is 18.1 Å². The Morgan fingerprint density at radius 1 is 0.947 bits per heavy atom. The molecule has 0 bridgehead atoms. The van der Waals surface area contributed by atoms with E-state index in [1.807, 2.05) is 6.08 Å². The zero-order chi connectivity index (χ0) is 14.8. The normalized spacial score (nSPS) is 14.5. The van der Waals surface area contributed by atoms with Crippen LogP contribution in [0.1, 0.15) is 24.1 Å². The van der Waals surface area contributed by atoms with E-state index in [1.54, 1.807) is 0 Å². The molecule has 0 saturated carbocycles. The lowest BCUT2D eigenvalue weighted by atomic mass is 10.1. The maximum absolute atomic E-state index is 3.82. The van der Waals surface area contributed by atoms with Crippen LogP contribution in [-0.2, 0) is 0 Å². The zero-order valence-corrected chi connectivity index (χ0v) is 15.6. The molecule has 0 saturated heterocycles. The lowest BCUT2D eigenvalue weighted by molar-refractivity contribution is 0.491. The molecule has 1 atom stereocenters. The number of hydrogen-bond donors (Lipinski definition) is 0. The molecule has 19 heavy (non-hydrogen) atoms. The Morgan fingerprint density at radius 2 is 1.37 bits per heavy atom. The second kappa shape index (κ2) is 5.77. The Kier molecular flexibility index (Phi) is 4.99. The summed E-state index contributed by atoms with van der Waals surface area (Å²) < 4.78 is 2.85. The van der Waals surface area contributed by atoms with Crippen LogP contribution in [0.5, 0.6) is 0 Å². The van der Waals surface area contributed by atoms with Gasteiger partial charge in [0, 0.05) is 6.04 Å². The molecular formula is C16H29NSi2. The molecule has 0 N–H and O–H groups in total. The maximum Gasteiger partial charge on any atom is 0.112 e. The highest BCUT2D eigenvalue weighted by molar-refractivity contribution is 6.89. The lowest BCUT2D eigenvalue weighted by Crippen LogP contribution is -2.59. The standard InChI is InChI=1S/C16H29NSi2/c1-9-15-10-12-16(13-11-15)14(2)17(18(3,4)5)19(6,7)8/h9-14H,1H2,2-8H3. The lowest BCUT2D eigenvalue weighted by Gasteiger charge is -2.47. The molecule has 0 aliphatic rings. The summed E-state index contributed by atoms with van der Waals surface area (Å²) >= 11 is 0. The van der Waals surface area contributed by atoms with E-state index < -0.39 is 16.5 Å². The summed E-state index contributed by atoms with van der Waals surface area (Å²) in [7, 11) is -2.63. The molecule has 1 unspecified atom stereocenters. The number of benzene rings is 1. The van der Waals surface area contributed by atoms with Crippen LogP contribution in [0.15, 0.2) is 30.8 Å². The van der Waals surface area contributed by atoms with Crippen LogP contribution in [-0.4, -0.2) is 20.7 Å². The van der Waals surface area contributed by atoms with Crippen LogP contribution in [0.2, 0.25) is 39.3 Å². The highest BCUT2D eigenvalue weighted by atomic mass is 28.4. The first-order valence-electron chi connectivity index (χ1n) is 7.09. The van der Waals surface area contributed by atoms with Crippen molar-refractivity contribution in [2.24, 2.45) is 0 Å². The Morgan fingerprint density at radius 3 is 1.68 bits per heavy atom. The van der Waals surface area contributed by atoms with Crippen molar-refractivity contribution >= 4 is 22.5 Å². The summed E-state index contributed by atoms with van der Waals surface area (Å²) in [5.74, 6) is 0. The van der Waals surface area contributed by atoms with E-state index in [4.69, 9.17) is 0 Å². The second-order valence-corrected chi connectivity index (χ2v) is 17.4. The van der Waals surface area contributed by atoms with Crippen LogP contribution in [0.3, 0.4) is 0 Å². The van der Waals surface area contributed by atoms with Gasteiger partial charge in [-0.3, -0.25) is 0 Å². The van der Waals surface area contributed by atoms with Crippen molar-refractivity contribution in [1.82, 2.24) is 4.23 Å². The fourth-order valence-electron chi connectivity index (χ4n) is 3.23. The van der Waals surface area contributed by atoms with E-state index in [9.17, 15) is 0 Å². The number of nitrogens with zero attached hydrogens (tertiary/aromatic N) is 1. The van der Waals surface area contributed by atoms with Crippen molar-refractivity contribution in [1.29, 1.82) is 0 Å². The van der Waals surface area contributed by atoms with Gasteiger partial charge in [-0.25, -0.2) is 0 Å². The van der Waals surface area contributed by atoms with Gasteiger partial charge in [0.05, 0.1) is 0 Å². The predicted molar refractivity (Wildman–Crippen MR) is 93.5 cm³/mol. The highest BCUT2D eigenvalue weighted by Crippen LogP contribution is 2.31. The van der Waals surface area contributed by atoms with E-state index in [0.717, 1.165) is 0 Å². The predicted octanol–water partition coefficient (Wildman–Crippen LogP) is 5.36. The minimum atomic E-state index is -1.31. The maximum atomic E-state index is 3.82. The molecule has 1 nitrogen and oxygen atoms in total. The van der Waals surface area contributed by atoms with E-state index >= 15 is 0 Å². The molecule has 0 amide bonds. The van der Waals surface area contributed by atoms with Crippen molar-refractivity contribution < 1.29 is 0 Å². The van der Waals surface area contributed by atoms with Crippen LogP contribution in [0.25, 0.3) is 6.08 Å². The first-order chi connectivity index (χ1) is 8.57. The molecule has 0 aliphatic carbocycles. The third-order valence-corrected chi connectivity index (χ3v) is 11.2. The number of rotatable bonds is 5. The van der Waals surface area contributed by atoms with Crippen molar-refractivity contribution in [2.75, 3.05) is 0 Å². The van der Waals surface area contributed by atoms with E-state index in [1.165, 1.54) is 11.1 Å². The van der Waals surface area contributed by atoms with Gasteiger partial charge in [0.1, 0.15) is 16.5 Å². The van der Waals surface area contributed by atoms with Crippen molar-refractivity contribution in [3.63, 3.8) is 0 Å². The molecule has 1 aromatic rings. The number of hydrogen-bond acceptors (Lipinski definition) is 1. The smallest absolute Gasteiger partial charge is 0.112 e. The van der Waals surface area contributed by atoms with Gasteiger partial charge in [-0.2, -0.15) is 0 Å². The third-order valence-electron chi connectivity index (χ3n) is 3.49. The first-order valence-corrected chi connectivity index (χ1v) is 14.0. The molecule has 0 aromatic heterocycles. The molecule has 0 heterocycles. The third kappa shape index (κ3) is 4.16. The van der Waals surface area contributed by atoms with Crippen molar-refractivity contribution in [3.8, 4) is 0 Å². The summed E-state index contributed by atoms with van der Waals surface area (Å²) in [5, 5.41) is 0. The van der Waals surface area contributed by atoms with Gasteiger partial charge in [0.15, 0.2) is 0 Å². The quantitative estimate of drug-likeness (QED) is 0.660. The van der Waals surface area contributed by atoms with E-state index in [2.05, 4.69) is 81.3 Å². The molecule has 0 aliphatic heterocycles. The molecule has 1 rings (SSSR count). The van der Waals surface area contributed by atoms with Gasteiger partial charge >= 0.3 is 0 Å². The second-order valence-electron chi connectivity index (χ2n) is 7.26. The summed E-state index contributed by atoms with van der Waals surface area (Å²) in [5.41, 5.74) is 2.62. The van der Waals surface area contributed by atoms with Gasteiger partial charge < -0.3 is 4.23 Å². The fraction of sp³-hybridized carbons (Fsp3) is 0.500. The molecule has 106 valence electrons. The SMILES string of the molecule is C=Cc1ccc(C(C)N([Si](C)(C)C)[Si](C)(C)C)cc1. The van der Waals surface area contributed by atoms with E-state index in [-0.39, 0.29) is 0 Å². The van der Waals surface area contributed by atoms with Crippen LogP contribution in [0.4, 0.5) is 0 Å². The van der Waals surface area contributed by atoms with Crippen LogP contribution in [0, 0.1) is 0 Å². The summed E-state index contributed by atoms with van der Waals surface area (Å²) in [6.45, 7) is 20.9. The van der Waals surface area contributed by atoms with Crippen LogP contribution < -0.4 is 0 Å². The Balaban J connectivity index is 3.12. The average molecular weight is 292 g/mol. The van der Waals surface area contributed by atoms with Gasteiger partial charge in [0.2, 0.25) is 0 Å². The fourth-order valence-corrected chi connectivity index (χ4v) is 13.9. The Bertz CT molecular complexity index is 410. The molecule has 0 spiro atoms. The van der Waals surface area contributed by atoms with Gasteiger partial charge in [-0.1, -0.05) is 76.2 Å². The summed E-state index contributed by atoms with van der Waals surface area (Å²) in [6.07, 6.45) is 1.91. The summed E-state index contributed by atoms with van der Waals surface area (Å²) in [4.78, 5) is 0. The zero-order valence-electron chi connectivity index (χ0n) is 13.6. The average Bonchev–Trinajstić information content (AvgIpc) is 2.25. The Labute approximate surface area is 121 Å². The minimum absolute atomic E-state index is 0.511. The largest absolute Gasteiger partial charge is 0.340 e. The van der Waals surface area contributed by atoms with E-state index in [0.29, 0.717) is 6.04 Å².